The highest BCUT2D eigenvalue weighted by molar-refractivity contribution is 7.99. The molecule has 2 atom stereocenters. The summed E-state index contributed by atoms with van der Waals surface area (Å²) in [5.41, 5.74) is 5.60. The predicted molar refractivity (Wildman–Crippen MR) is 191 cm³/mol. The summed E-state index contributed by atoms with van der Waals surface area (Å²) in [6.45, 7) is 1.86. The molecule has 7 rings (SSSR count). The zero-order valence-electron chi connectivity index (χ0n) is 25.5. The summed E-state index contributed by atoms with van der Waals surface area (Å²) >= 11 is 3.52. The quantitative estimate of drug-likeness (QED) is 0.137. The molecule has 2 nitrogen and oxygen atoms in total. The Labute approximate surface area is 277 Å². The van der Waals surface area contributed by atoms with E-state index in [-0.39, 0.29) is 16.6 Å². The predicted octanol–water partition coefficient (Wildman–Crippen LogP) is 9.88. The third-order valence-corrected chi connectivity index (χ3v) is 12.6. The molecule has 224 valence electrons. The van der Waals surface area contributed by atoms with Crippen molar-refractivity contribution in [1.29, 1.82) is 0 Å². The van der Waals surface area contributed by atoms with Gasteiger partial charge in [-0.25, -0.2) is 0 Å². The molecule has 5 heteroatoms. The number of hydrogen-bond donors (Lipinski definition) is 2. The summed E-state index contributed by atoms with van der Waals surface area (Å²) in [5, 5.41) is 21.2. The van der Waals surface area contributed by atoms with Gasteiger partial charge in [-0.3, -0.25) is 0 Å². The van der Waals surface area contributed by atoms with Crippen LogP contribution in [0.5, 0.6) is 5.75 Å². The standard InChI is InChI=1S/C40H34O2S3/c1-39(42)24-22-28(23-25-39)40(27-8-10-29(41)11-9-27)37-7-5-4-6-35(37)36-21-20-34(26-38(36)40)45(32-16-12-30(43-2)13-17-32)33-18-14-31(44-3)15-19-33/h4-24,26,42H,25H2,1-3H3/p+1. The summed E-state index contributed by atoms with van der Waals surface area (Å²) in [7, 11) is -0.339. The molecule has 0 aliphatic heterocycles. The van der Waals surface area contributed by atoms with Gasteiger partial charge in [-0.05, 0) is 138 Å². The minimum atomic E-state index is -0.888. The minimum absolute atomic E-state index is 0.245. The Morgan fingerprint density at radius 3 is 1.82 bits per heavy atom. The fraction of sp³-hybridized carbons (Fsp3) is 0.150. The van der Waals surface area contributed by atoms with Crippen LogP contribution in [-0.4, -0.2) is 28.3 Å². The van der Waals surface area contributed by atoms with Crippen LogP contribution in [0.3, 0.4) is 0 Å². The second-order valence-electron chi connectivity index (χ2n) is 11.8. The van der Waals surface area contributed by atoms with Gasteiger partial charge in [0, 0.05) is 9.79 Å². The van der Waals surface area contributed by atoms with Gasteiger partial charge in [0.2, 0.25) is 0 Å². The molecule has 0 aromatic heterocycles. The largest absolute Gasteiger partial charge is 0.508 e. The van der Waals surface area contributed by atoms with Gasteiger partial charge < -0.3 is 10.2 Å². The molecule has 0 heterocycles. The minimum Gasteiger partial charge on any atom is -0.508 e. The summed E-state index contributed by atoms with van der Waals surface area (Å²) in [4.78, 5) is 6.32. The number of rotatable bonds is 7. The van der Waals surface area contributed by atoms with Gasteiger partial charge in [-0.15, -0.1) is 23.5 Å². The molecular formula is C40H35O2S3+. The Kier molecular flexibility index (Phi) is 7.99. The van der Waals surface area contributed by atoms with Crippen LogP contribution in [-0.2, 0) is 16.3 Å². The summed E-state index contributed by atoms with van der Waals surface area (Å²) in [6.07, 6.45) is 11.0. The van der Waals surface area contributed by atoms with Crippen molar-refractivity contribution in [2.24, 2.45) is 0 Å². The molecule has 2 unspecified atom stereocenters. The number of aromatic hydroxyl groups is 1. The van der Waals surface area contributed by atoms with E-state index in [4.69, 9.17) is 0 Å². The lowest BCUT2D eigenvalue weighted by Crippen LogP contribution is -2.32. The highest BCUT2D eigenvalue weighted by Gasteiger charge is 2.48. The average molecular weight is 644 g/mol. The molecule has 0 radical (unpaired) electrons. The molecule has 0 fully saturated rings. The van der Waals surface area contributed by atoms with Gasteiger partial charge in [0.1, 0.15) is 5.75 Å². The third kappa shape index (κ3) is 5.26. The van der Waals surface area contributed by atoms with Crippen molar-refractivity contribution in [3.8, 4) is 16.9 Å². The Hall–Kier alpha value is -3.61. The van der Waals surface area contributed by atoms with E-state index in [1.807, 2.05) is 13.0 Å². The monoisotopic (exact) mass is 643 g/mol. The van der Waals surface area contributed by atoms with Gasteiger partial charge in [0.05, 0.1) is 21.9 Å². The molecule has 0 amide bonds. The zero-order valence-corrected chi connectivity index (χ0v) is 28.0. The maximum absolute atomic E-state index is 10.9. The van der Waals surface area contributed by atoms with Crippen LogP contribution in [0.25, 0.3) is 11.1 Å². The molecule has 5 aromatic carbocycles. The smallest absolute Gasteiger partial charge is 0.166 e. The van der Waals surface area contributed by atoms with Crippen LogP contribution >= 0.6 is 23.5 Å². The normalized spacial score (nSPS) is 20.2. The van der Waals surface area contributed by atoms with E-state index < -0.39 is 11.0 Å². The average Bonchev–Trinajstić information content (AvgIpc) is 3.36. The molecule has 2 N–H and O–H groups in total. The van der Waals surface area contributed by atoms with Gasteiger partial charge in [-0.2, -0.15) is 0 Å². The molecular weight excluding hydrogens is 609 g/mol. The second kappa shape index (κ2) is 12.0. The molecule has 0 saturated carbocycles. The van der Waals surface area contributed by atoms with Crippen LogP contribution < -0.4 is 0 Å². The number of fused-ring (bicyclic) bond motifs is 3. The Bertz CT molecular complexity index is 1880. The molecule has 0 bridgehead atoms. The van der Waals surface area contributed by atoms with Gasteiger partial charge >= 0.3 is 0 Å². The lowest BCUT2D eigenvalue weighted by Gasteiger charge is -2.37. The van der Waals surface area contributed by atoms with Crippen LogP contribution in [0, 0.1) is 0 Å². The van der Waals surface area contributed by atoms with E-state index in [1.54, 1.807) is 35.7 Å². The molecule has 5 aromatic rings. The van der Waals surface area contributed by atoms with Gasteiger partial charge in [-0.1, -0.05) is 54.6 Å². The van der Waals surface area contributed by atoms with E-state index >= 15 is 0 Å². The van der Waals surface area contributed by atoms with Crippen LogP contribution in [0.15, 0.2) is 164 Å². The van der Waals surface area contributed by atoms with Crippen molar-refractivity contribution >= 4 is 34.4 Å². The topological polar surface area (TPSA) is 40.5 Å². The van der Waals surface area contributed by atoms with Crippen LogP contribution in [0.2, 0.25) is 0 Å². The number of allylic oxidation sites excluding steroid dienone is 2. The Morgan fingerprint density at radius 1 is 0.667 bits per heavy atom. The van der Waals surface area contributed by atoms with E-state index in [9.17, 15) is 10.2 Å². The lowest BCUT2D eigenvalue weighted by atomic mass is 9.65. The van der Waals surface area contributed by atoms with E-state index in [2.05, 4.69) is 128 Å². The van der Waals surface area contributed by atoms with Crippen molar-refractivity contribution in [2.75, 3.05) is 12.5 Å². The highest BCUT2D eigenvalue weighted by atomic mass is 32.2. The second-order valence-corrected chi connectivity index (χ2v) is 15.5. The van der Waals surface area contributed by atoms with Crippen LogP contribution in [0.1, 0.15) is 30.0 Å². The number of hydrogen-bond acceptors (Lipinski definition) is 4. The summed E-state index contributed by atoms with van der Waals surface area (Å²) in [6, 6.07) is 41.4. The number of thioether (sulfide) groups is 2. The van der Waals surface area contributed by atoms with Crippen molar-refractivity contribution in [1.82, 2.24) is 0 Å². The lowest BCUT2D eigenvalue weighted by molar-refractivity contribution is 0.113. The molecule has 2 aliphatic carbocycles. The fourth-order valence-corrected chi connectivity index (χ4v) is 9.61. The number of benzene rings is 5. The number of aliphatic hydroxyl groups is 1. The van der Waals surface area contributed by atoms with Gasteiger partial charge in [0.25, 0.3) is 0 Å². The van der Waals surface area contributed by atoms with Gasteiger partial charge in [0.15, 0.2) is 14.7 Å². The third-order valence-electron chi connectivity index (χ3n) is 8.93. The first-order valence-electron chi connectivity index (χ1n) is 15.0. The fourth-order valence-electron chi connectivity index (χ4n) is 6.72. The zero-order chi connectivity index (χ0) is 31.2. The first-order chi connectivity index (χ1) is 21.8. The number of phenolic OH excluding ortho intramolecular Hbond substituents is 1. The Balaban J connectivity index is 1.50. The molecule has 0 spiro atoms. The maximum Gasteiger partial charge on any atom is 0.166 e. The SMILES string of the molecule is CSc1ccc([S+](c2ccc(SC)cc2)c2ccc3c(c2)C(C2=CCC(C)(O)C=C2)(c2ccc(O)cc2)c2ccccc2-3)cc1. The van der Waals surface area contributed by atoms with Crippen molar-refractivity contribution in [2.45, 2.75) is 48.8 Å². The van der Waals surface area contributed by atoms with E-state index in [0.29, 0.717) is 6.42 Å². The maximum atomic E-state index is 10.9. The molecule has 45 heavy (non-hydrogen) atoms. The molecule has 2 aliphatic rings. The summed E-state index contributed by atoms with van der Waals surface area (Å²) < 4.78 is 0. The number of phenols is 1. The van der Waals surface area contributed by atoms with E-state index in [0.717, 1.165) is 11.1 Å². The first-order valence-corrected chi connectivity index (χ1v) is 18.7. The van der Waals surface area contributed by atoms with Crippen molar-refractivity contribution in [3.63, 3.8) is 0 Å². The van der Waals surface area contributed by atoms with Crippen molar-refractivity contribution in [3.05, 3.63) is 156 Å². The van der Waals surface area contributed by atoms with E-state index in [1.165, 1.54) is 46.7 Å². The highest BCUT2D eigenvalue weighted by Crippen LogP contribution is 2.58. The first kappa shape index (κ1) is 30.1. The molecule has 0 saturated heterocycles. The van der Waals surface area contributed by atoms with Crippen LogP contribution in [0.4, 0.5) is 0 Å². The summed E-state index contributed by atoms with van der Waals surface area (Å²) in [5.74, 6) is 0.245. The van der Waals surface area contributed by atoms with Crippen molar-refractivity contribution < 1.29 is 10.2 Å². The Morgan fingerprint density at radius 2 is 1.24 bits per heavy atom.